The third kappa shape index (κ3) is 5.87. The normalized spacial score (nSPS) is 20.1. The molecule has 0 aliphatic carbocycles. The van der Waals surface area contributed by atoms with Crippen LogP contribution in [0.4, 0.5) is 5.69 Å². The molecule has 0 saturated carbocycles. The number of hydrogen-bond donors (Lipinski definition) is 6. The number of nitrogens with one attached hydrogen (secondary N) is 6. The van der Waals surface area contributed by atoms with Gasteiger partial charge in [-0.25, -0.2) is 0 Å². The number of nitrogens with zero attached hydrogens (tertiary/aromatic N) is 1. The van der Waals surface area contributed by atoms with E-state index in [2.05, 4.69) is 32.3 Å². The molecule has 44 heavy (non-hydrogen) atoms. The Balaban J connectivity index is 1.17. The Hall–Kier alpha value is -4.42. The van der Waals surface area contributed by atoms with E-state index < -0.39 is 24.0 Å². The molecule has 0 saturated heterocycles. The van der Waals surface area contributed by atoms with E-state index in [9.17, 15) is 19.2 Å². The van der Waals surface area contributed by atoms with Crippen LogP contribution in [-0.2, 0) is 38.4 Å². The lowest BCUT2D eigenvalue weighted by Gasteiger charge is -2.30. The number of aryl methyl sites for hydroxylation is 1. The van der Waals surface area contributed by atoms with Crippen molar-refractivity contribution in [3.05, 3.63) is 76.4 Å². The molecule has 0 fully saturated rings. The molecule has 11 nitrogen and oxygen atoms in total. The van der Waals surface area contributed by atoms with Crippen molar-refractivity contribution in [3.8, 4) is 0 Å². The highest BCUT2D eigenvalue weighted by atomic mass is 32.1. The topological polar surface area (TPSA) is 144 Å². The number of anilines is 1. The van der Waals surface area contributed by atoms with Crippen LogP contribution in [0.3, 0.4) is 0 Å². The molecular weight excluding hydrogens is 578 g/mol. The molecule has 3 aliphatic rings. The molecule has 6 N–H and O–H groups in total. The van der Waals surface area contributed by atoms with Crippen LogP contribution in [-0.4, -0.2) is 48.3 Å². The molecule has 12 heteroatoms. The number of amides is 4. The van der Waals surface area contributed by atoms with Gasteiger partial charge in [0.15, 0.2) is 0 Å². The first-order chi connectivity index (χ1) is 21.3. The van der Waals surface area contributed by atoms with Crippen LogP contribution in [0.5, 0.6) is 0 Å². The summed E-state index contributed by atoms with van der Waals surface area (Å²) < 4.78 is 1.11. The van der Waals surface area contributed by atoms with Gasteiger partial charge in [-0.05, 0) is 52.3 Å². The molecule has 0 spiro atoms. The first kappa shape index (κ1) is 29.6. The highest BCUT2D eigenvalue weighted by Gasteiger charge is 2.44. The minimum absolute atomic E-state index is 0.157. The Labute approximate surface area is 259 Å². The zero-order valence-electron chi connectivity index (χ0n) is 24.7. The molecule has 3 aliphatic heterocycles. The van der Waals surface area contributed by atoms with Crippen molar-refractivity contribution in [2.24, 2.45) is 5.92 Å². The van der Waals surface area contributed by atoms with Crippen molar-refractivity contribution in [1.29, 1.82) is 0 Å². The summed E-state index contributed by atoms with van der Waals surface area (Å²) in [7, 11) is 0. The first-order valence-electron chi connectivity index (χ1n) is 15.1. The standard InChI is InChI=1S/C32H37N7O4S/c1-3-18(2)28(36-27(40)14-21-17-44-26-10-5-4-9-23(21)26)31(42)35-24-12-11-19-7-6-8-20-13-25(39(29(19)20)32(24)43)30(41)33-15-22-16-34-38-37-22/h4-10,16-18,24-25,28,34,37-38H,3,11-15H2,1-2H3,(H,33,41)(H,35,42)(H,36,40)/t18-,24-,25-,28-/m0/s1. The van der Waals surface area contributed by atoms with Crippen molar-refractivity contribution in [2.45, 2.75) is 64.1 Å². The summed E-state index contributed by atoms with van der Waals surface area (Å²) in [4.78, 5) is 56.0. The van der Waals surface area contributed by atoms with E-state index in [4.69, 9.17) is 0 Å². The monoisotopic (exact) mass is 615 g/mol. The Morgan fingerprint density at radius 2 is 1.93 bits per heavy atom. The molecular formula is C32H37N7O4S. The fourth-order valence-corrected chi connectivity index (χ4v) is 7.14. The molecule has 0 bridgehead atoms. The van der Waals surface area contributed by atoms with Crippen LogP contribution in [0.25, 0.3) is 10.1 Å². The molecule has 4 heterocycles. The average Bonchev–Trinajstić information content (AvgIpc) is 3.77. The molecule has 0 radical (unpaired) electrons. The summed E-state index contributed by atoms with van der Waals surface area (Å²) >= 11 is 1.59. The third-order valence-electron chi connectivity index (χ3n) is 8.74. The number of thiophene rings is 1. The number of hydrazine groups is 2. The van der Waals surface area contributed by atoms with Crippen molar-refractivity contribution in [3.63, 3.8) is 0 Å². The van der Waals surface area contributed by atoms with Crippen LogP contribution >= 0.6 is 11.3 Å². The van der Waals surface area contributed by atoms with E-state index in [1.54, 1.807) is 22.4 Å². The molecule has 4 amide bonds. The first-order valence-corrected chi connectivity index (χ1v) is 15.9. The molecule has 6 rings (SSSR count). The van der Waals surface area contributed by atoms with E-state index in [1.165, 1.54) is 0 Å². The Bertz CT molecular complexity index is 1640. The maximum atomic E-state index is 14.1. The minimum atomic E-state index is -0.840. The smallest absolute Gasteiger partial charge is 0.250 e. The zero-order valence-corrected chi connectivity index (χ0v) is 25.6. The van der Waals surface area contributed by atoms with Gasteiger partial charge in [0, 0.05) is 17.3 Å². The Kier molecular flexibility index (Phi) is 8.53. The van der Waals surface area contributed by atoms with Gasteiger partial charge >= 0.3 is 0 Å². The van der Waals surface area contributed by atoms with E-state index in [1.807, 2.05) is 61.7 Å². The fourth-order valence-electron chi connectivity index (χ4n) is 6.18. The highest BCUT2D eigenvalue weighted by molar-refractivity contribution is 7.17. The molecule has 3 aromatic rings. The van der Waals surface area contributed by atoms with E-state index >= 15 is 0 Å². The largest absolute Gasteiger partial charge is 0.349 e. The second-order valence-electron chi connectivity index (χ2n) is 11.6. The maximum absolute atomic E-state index is 14.1. The SMILES string of the molecule is CC[C@H](C)[C@H](NC(=O)Cc1csc2ccccc12)C(=O)N[C@H]1CCc2cccc3c2N(C1=O)[C@H](C(=O)NCC1=CNNN1)C3. The molecule has 1 aromatic heterocycles. The van der Waals surface area contributed by atoms with Gasteiger partial charge < -0.3 is 26.8 Å². The van der Waals surface area contributed by atoms with Gasteiger partial charge in [-0.15, -0.1) is 11.3 Å². The summed E-state index contributed by atoms with van der Waals surface area (Å²) in [6.45, 7) is 4.15. The predicted molar refractivity (Wildman–Crippen MR) is 169 cm³/mol. The zero-order chi connectivity index (χ0) is 30.8. The Morgan fingerprint density at radius 1 is 1.11 bits per heavy atom. The summed E-state index contributed by atoms with van der Waals surface area (Å²) in [5.74, 6) is -1.38. The number of carbonyl (C=O) groups excluding carboxylic acids is 4. The summed E-state index contributed by atoms with van der Waals surface area (Å²) in [5.41, 5.74) is 12.8. The maximum Gasteiger partial charge on any atom is 0.250 e. The number of carbonyl (C=O) groups is 4. The van der Waals surface area contributed by atoms with Gasteiger partial charge in [0.2, 0.25) is 23.6 Å². The number of hydrogen-bond acceptors (Lipinski definition) is 8. The van der Waals surface area contributed by atoms with Gasteiger partial charge in [-0.2, -0.15) is 5.53 Å². The van der Waals surface area contributed by atoms with E-state index in [0.29, 0.717) is 25.7 Å². The summed E-state index contributed by atoms with van der Waals surface area (Å²) in [5, 5.41) is 11.9. The number of fused-ring (bicyclic) bond motifs is 1. The van der Waals surface area contributed by atoms with Gasteiger partial charge in [-0.3, -0.25) is 24.1 Å². The predicted octanol–water partition coefficient (Wildman–Crippen LogP) is 1.93. The van der Waals surface area contributed by atoms with Crippen molar-refractivity contribution in [2.75, 3.05) is 11.4 Å². The Morgan fingerprint density at radius 3 is 2.73 bits per heavy atom. The quantitative estimate of drug-likeness (QED) is 0.205. The molecule has 230 valence electrons. The minimum Gasteiger partial charge on any atom is -0.349 e. The lowest BCUT2D eigenvalue weighted by molar-refractivity contribution is -0.133. The van der Waals surface area contributed by atoms with Gasteiger partial charge in [0.25, 0.3) is 0 Å². The third-order valence-corrected chi connectivity index (χ3v) is 9.76. The second-order valence-corrected chi connectivity index (χ2v) is 12.5. The fraction of sp³-hybridized carbons (Fsp3) is 0.375. The van der Waals surface area contributed by atoms with Crippen LogP contribution in [0.15, 0.2) is 59.7 Å². The second kappa shape index (κ2) is 12.7. The van der Waals surface area contributed by atoms with E-state index in [-0.39, 0.29) is 36.6 Å². The van der Waals surface area contributed by atoms with Crippen LogP contribution < -0.4 is 37.2 Å². The van der Waals surface area contributed by atoms with Gasteiger partial charge in [0.1, 0.15) is 18.1 Å². The number of benzene rings is 2. The van der Waals surface area contributed by atoms with Crippen molar-refractivity contribution < 1.29 is 19.2 Å². The molecule has 0 unspecified atom stereocenters. The molecule has 4 atom stereocenters. The number of para-hydroxylation sites is 1. The van der Waals surface area contributed by atoms with Crippen molar-refractivity contribution >= 4 is 50.7 Å². The van der Waals surface area contributed by atoms with E-state index in [0.717, 1.165) is 38.2 Å². The number of rotatable bonds is 10. The summed E-state index contributed by atoms with van der Waals surface area (Å²) in [6, 6.07) is 11.4. The van der Waals surface area contributed by atoms with Crippen molar-refractivity contribution in [1.82, 2.24) is 32.3 Å². The van der Waals surface area contributed by atoms with Crippen LogP contribution in [0.2, 0.25) is 0 Å². The van der Waals surface area contributed by atoms with Crippen LogP contribution in [0, 0.1) is 5.92 Å². The summed E-state index contributed by atoms with van der Waals surface area (Å²) in [6.07, 6.45) is 3.89. The highest BCUT2D eigenvalue weighted by Crippen LogP contribution is 2.39. The van der Waals surface area contributed by atoms with Gasteiger partial charge in [0.05, 0.1) is 24.4 Å². The lowest BCUT2D eigenvalue weighted by atomic mass is 9.96. The van der Waals surface area contributed by atoms with Gasteiger partial charge in [-0.1, -0.05) is 56.7 Å². The van der Waals surface area contributed by atoms with Crippen LogP contribution in [0.1, 0.15) is 43.4 Å². The average molecular weight is 616 g/mol. The molecule has 2 aromatic carbocycles. The lowest BCUT2D eigenvalue weighted by Crippen LogP contribution is -2.58.